The van der Waals surface area contributed by atoms with E-state index in [2.05, 4.69) is 15.3 Å². The number of benzene rings is 2. The molecule has 2 heterocycles. The molecule has 2 aromatic carbocycles. The molecule has 1 N–H and O–H groups in total. The van der Waals surface area contributed by atoms with Gasteiger partial charge in [0.15, 0.2) is 0 Å². The molecule has 0 fully saturated rings. The van der Waals surface area contributed by atoms with E-state index >= 15 is 0 Å². The van der Waals surface area contributed by atoms with Crippen molar-refractivity contribution in [2.45, 2.75) is 6.92 Å². The minimum atomic E-state index is 0.588. The molecule has 0 saturated heterocycles. The highest BCUT2D eigenvalue weighted by molar-refractivity contribution is 5.68. The molecule has 0 radical (unpaired) electrons. The molecule has 0 saturated carbocycles. The zero-order chi connectivity index (χ0) is 18.5. The van der Waals surface area contributed by atoms with Crippen molar-refractivity contribution in [3.8, 4) is 22.8 Å². The van der Waals surface area contributed by atoms with E-state index in [1.165, 1.54) is 0 Å². The van der Waals surface area contributed by atoms with Crippen LogP contribution in [0.25, 0.3) is 11.1 Å². The van der Waals surface area contributed by atoms with Crippen molar-refractivity contribution in [3.63, 3.8) is 0 Å². The summed E-state index contributed by atoms with van der Waals surface area (Å²) in [6.07, 6.45) is 3.58. The molecular weight excluding hydrogens is 334 g/mol. The number of ether oxygens (including phenoxy) is 1. The molecule has 0 spiro atoms. The molecule has 27 heavy (non-hydrogen) atoms. The summed E-state index contributed by atoms with van der Waals surface area (Å²) in [7, 11) is 0. The molecule has 4 heteroatoms. The van der Waals surface area contributed by atoms with Crippen molar-refractivity contribution in [2.75, 3.05) is 5.32 Å². The summed E-state index contributed by atoms with van der Waals surface area (Å²) < 4.78 is 6.03. The number of hydrogen-bond acceptors (Lipinski definition) is 4. The molecular formula is C23H19N3O. The first-order chi connectivity index (χ1) is 13.3. The lowest BCUT2D eigenvalue weighted by molar-refractivity contribution is 0.465. The van der Waals surface area contributed by atoms with Gasteiger partial charge in [-0.2, -0.15) is 0 Å². The summed E-state index contributed by atoms with van der Waals surface area (Å²) >= 11 is 0. The molecule has 4 aromatic rings. The summed E-state index contributed by atoms with van der Waals surface area (Å²) in [5.74, 6) is 2.13. The number of nitrogens with one attached hydrogen (secondary N) is 1. The van der Waals surface area contributed by atoms with Gasteiger partial charge >= 0.3 is 0 Å². The molecule has 4 rings (SSSR count). The lowest BCUT2D eigenvalue weighted by Crippen LogP contribution is -1.94. The van der Waals surface area contributed by atoms with Crippen molar-refractivity contribution >= 4 is 11.5 Å². The molecule has 0 aliphatic rings. The molecule has 0 atom stereocenters. The summed E-state index contributed by atoms with van der Waals surface area (Å²) in [6.45, 7) is 2.02. The fourth-order valence-electron chi connectivity index (χ4n) is 2.72. The van der Waals surface area contributed by atoms with Crippen LogP contribution < -0.4 is 10.1 Å². The summed E-state index contributed by atoms with van der Waals surface area (Å²) in [5.41, 5.74) is 4.12. The maximum Gasteiger partial charge on any atom is 0.227 e. The van der Waals surface area contributed by atoms with Crippen molar-refractivity contribution in [1.82, 2.24) is 9.97 Å². The Labute approximate surface area is 158 Å². The lowest BCUT2D eigenvalue weighted by atomic mass is 10.1. The fourth-order valence-corrected chi connectivity index (χ4v) is 2.72. The standard InChI is InChI=1S/C23H19N3O/c1-17-9-14-22(25-16-17)26-19-10-12-20(13-11-19)27-23-21(8-5-15-24-23)18-6-3-2-4-7-18/h2-16H,1H3,(H,25,26). The number of aryl methyl sites for hydroxylation is 1. The minimum Gasteiger partial charge on any atom is -0.438 e. The Hall–Kier alpha value is -3.66. The van der Waals surface area contributed by atoms with Crippen LogP contribution in [0.5, 0.6) is 11.6 Å². The second-order valence-electron chi connectivity index (χ2n) is 6.19. The van der Waals surface area contributed by atoms with Crippen LogP contribution in [0.15, 0.2) is 91.3 Å². The van der Waals surface area contributed by atoms with Crippen LogP contribution in [0.1, 0.15) is 5.56 Å². The van der Waals surface area contributed by atoms with Crippen molar-refractivity contribution in [3.05, 3.63) is 96.8 Å². The van der Waals surface area contributed by atoms with Gasteiger partial charge in [-0.25, -0.2) is 9.97 Å². The van der Waals surface area contributed by atoms with Crippen LogP contribution in [-0.4, -0.2) is 9.97 Å². The van der Waals surface area contributed by atoms with Gasteiger partial charge < -0.3 is 10.1 Å². The van der Waals surface area contributed by atoms with Gasteiger partial charge in [0.25, 0.3) is 0 Å². The van der Waals surface area contributed by atoms with Crippen molar-refractivity contribution in [1.29, 1.82) is 0 Å². The Morgan fingerprint density at radius 3 is 2.33 bits per heavy atom. The van der Waals surface area contributed by atoms with E-state index in [0.717, 1.165) is 33.9 Å². The summed E-state index contributed by atoms with van der Waals surface area (Å²) in [6, 6.07) is 25.8. The minimum absolute atomic E-state index is 0.588. The van der Waals surface area contributed by atoms with E-state index < -0.39 is 0 Å². The third kappa shape index (κ3) is 4.12. The SMILES string of the molecule is Cc1ccc(Nc2ccc(Oc3ncccc3-c3ccccc3)cc2)nc1. The average molecular weight is 353 g/mol. The number of rotatable bonds is 5. The fraction of sp³-hybridized carbons (Fsp3) is 0.0435. The van der Waals surface area contributed by atoms with E-state index in [9.17, 15) is 0 Å². The molecule has 2 aromatic heterocycles. The normalized spacial score (nSPS) is 10.4. The zero-order valence-corrected chi connectivity index (χ0v) is 15.0. The molecule has 4 nitrogen and oxygen atoms in total. The lowest BCUT2D eigenvalue weighted by Gasteiger charge is -2.11. The Bertz CT molecular complexity index is 1010. The van der Waals surface area contributed by atoms with Crippen LogP contribution >= 0.6 is 0 Å². The largest absolute Gasteiger partial charge is 0.438 e. The molecule has 0 aliphatic carbocycles. The predicted molar refractivity (Wildman–Crippen MR) is 108 cm³/mol. The highest BCUT2D eigenvalue weighted by atomic mass is 16.5. The first-order valence-corrected chi connectivity index (χ1v) is 8.76. The van der Waals surface area contributed by atoms with Crippen LogP contribution in [-0.2, 0) is 0 Å². The first kappa shape index (κ1) is 16.8. The Morgan fingerprint density at radius 1 is 0.778 bits per heavy atom. The van der Waals surface area contributed by atoms with Crippen LogP contribution in [0.4, 0.5) is 11.5 Å². The smallest absolute Gasteiger partial charge is 0.227 e. The highest BCUT2D eigenvalue weighted by Crippen LogP contribution is 2.31. The van der Waals surface area contributed by atoms with Crippen LogP contribution in [0.3, 0.4) is 0 Å². The Kier molecular flexibility index (Phi) is 4.79. The third-order valence-electron chi connectivity index (χ3n) is 4.11. The summed E-state index contributed by atoms with van der Waals surface area (Å²) in [5, 5.41) is 3.28. The Morgan fingerprint density at radius 2 is 1.59 bits per heavy atom. The second kappa shape index (κ2) is 7.70. The first-order valence-electron chi connectivity index (χ1n) is 8.76. The topological polar surface area (TPSA) is 47.0 Å². The monoisotopic (exact) mass is 353 g/mol. The van der Waals surface area contributed by atoms with Crippen LogP contribution in [0, 0.1) is 6.92 Å². The van der Waals surface area contributed by atoms with Gasteiger partial charge in [0.2, 0.25) is 5.88 Å². The van der Waals surface area contributed by atoms with Gasteiger partial charge in [0.1, 0.15) is 11.6 Å². The summed E-state index contributed by atoms with van der Waals surface area (Å²) in [4.78, 5) is 8.76. The molecule has 0 unspecified atom stereocenters. The van der Waals surface area contributed by atoms with E-state index in [1.54, 1.807) is 6.20 Å². The number of pyridine rings is 2. The number of nitrogens with zero attached hydrogens (tertiary/aromatic N) is 2. The molecule has 0 bridgehead atoms. The van der Waals surface area contributed by atoms with E-state index in [-0.39, 0.29) is 0 Å². The predicted octanol–water partition coefficient (Wildman–Crippen LogP) is 5.99. The number of anilines is 2. The second-order valence-corrected chi connectivity index (χ2v) is 6.19. The van der Waals surface area contributed by atoms with Crippen LogP contribution in [0.2, 0.25) is 0 Å². The zero-order valence-electron chi connectivity index (χ0n) is 15.0. The van der Waals surface area contributed by atoms with E-state index in [1.807, 2.05) is 92.0 Å². The highest BCUT2D eigenvalue weighted by Gasteiger charge is 2.08. The maximum atomic E-state index is 6.03. The molecule has 0 aliphatic heterocycles. The third-order valence-corrected chi connectivity index (χ3v) is 4.11. The van der Waals surface area contributed by atoms with E-state index in [0.29, 0.717) is 5.88 Å². The van der Waals surface area contributed by atoms with Gasteiger partial charge in [-0.3, -0.25) is 0 Å². The van der Waals surface area contributed by atoms with Crippen molar-refractivity contribution < 1.29 is 4.74 Å². The van der Waals surface area contributed by atoms with Gasteiger partial charge in [-0.1, -0.05) is 36.4 Å². The maximum absolute atomic E-state index is 6.03. The van der Waals surface area contributed by atoms with Crippen molar-refractivity contribution in [2.24, 2.45) is 0 Å². The van der Waals surface area contributed by atoms with Gasteiger partial charge in [-0.15, -0.1) is 0 Å². The number of aromatic nitrogens is 2. The molecule has 0 amide bonds. The molecule has 132 valence electrons. The number of hydrogen-bond donors (Lipinski definition) is 1. The van der Waals surface area contributed by atoms with Gasteiger partial charge in [0.05, 0.1) is 0 Å². The average Bonchev–Trinajstić information content (AvgIpc) is 2.72. The quantitative estimate of drug-likeness (QED) is 0.479. The van der Waals surface area contributed by atoms with E-state index in [4.69, 9.17) is 4.74 Å². The van der Waals surface area contributed by atoms with Gasteiger partial charge in [-0.05, 0) is 60.5 Å². The van der Waals surface area contributed by atoms with Gasteiger partial charge in [0, 0.05) is 23.6 Å². The Balaban J connectivity index is 1.52.